The number of anilines is 1. The lowest BCUT2D eigenvalue weighted by Crippen LogP contribution is -2.20. The molecule has 5 heteroatoms. The Morgan fingerprint density at radius 3 is 2.56 bits per heavy atom. The number of halogens is 1. The minimum atomic E-state index is -0.179. The largest absolute Gasteiger partial charge is 0.483 e. The zero-order valence-corrected chi connectivity index (χ0v) is 15.2. The second-order valence-corrected chi connectivity index (χ2v) is 6.86. The van der Waals surface area contributed by atoms with E-state index in [2.05, 4.69) is 22.3 Å². The number of hydrogen-bond donors (Lipinski definition) is 1. The molecule has 0 aliphatic carbocycles. The lowest BCUT2D eigenvalue weighted by molar-refractivity contribution is -0.118. The van der Waals surface area contributed by atoms with E-state index in [-0.39, 0.29) is 12.5 Å². The van der Waals surface area contributed by atoms with Crippen molar-refractivity contribution in [1.29, 1.82) is 0 Å². The Morgan fingerprint density at radius 2 is 1.88 bits per heavy atom. The normalized spacial score (nSPS) is 14.5. The van der Waals surface area contributed by atoms with Gasteiger partial charge in [-0.15, -0.1) is 0 Å². The molecule has 0 aromatic heterocycles. The molecule has 0 radical (unpaired) electrons. The highest BCUT2D eigenvalue weighted by molar-refractivity contribution is 6.30. The Bertz CT molecular complexity index is 725. The van der Waals surface area contributed by atoms with Crippen LogP contribution >= 0.6 is 11.6 Å². The zero-order chi connectivity index (χ0) is 17.6. The first-order valence-electron chi connectivity index (χ1n) is 8.60. The van der Waals surface area contributed by atoms with Crippen molar-refractivity contribution in [2.45, 2.75) is 26.3 Å². The van der Waals surface area contributed by atoms with Crippen molar-refractivity contribution in [3.05, 3.63) is 58.6 Å². The molecule has 25 heavy (non-hydrogen) atoms. The fourth-order valence-corrected chi connectivity index (χ4v) is 3.23. The molecule has 3 rings (SSSR count). The molecule has 2 aromatic carbocycles. The van der Waals surface area contributed by atoms with Gasteiger partial charge in [0, 0.05) is 17.3 Å². The first kappa shape index (κ1) is 17.8. The second kappa shape index (κ2) is 8.37. The van der Waals surface area contributed by atoms with Crippen LogP contribution < -0.4 is 10.1 Å². The van der Waals surface area contributed by atoms with Crippen LogP contribution in [0.1, 0.15) is 24.0 Å². The molecule has 0 atom stereocenters. The number of nitrogens with one attached hydrogen (secondary N) is 1. The molecule has 132 valence electrons. The Morgan fingerprint density at radius 1 is 1.16 bits per heavy atom. The van der Waals surface area contributed by atoms with Gasteiger partial charge in [0.25, 0.3) is 5.91 Å². The molecule has 2 aromatic rings. The standard InChI is InChI=1S/C20H23ClN2O2/c1-15-12-17(21)6-9-19(15)25-14-20(24)22-18-7-4-16(5-8-18)13-23-10-2-3-11-23/h4-9,12H,2-3,10-11,13-14H2,1H3,(H,22,24). The van der Waals surface area contributed by atoms with Crippen LogP contribution in [0.4, 0.5) is 5.69 Å². The van der Waals surface area contributed by atoms with E-state index < -0.39 is 0 Å². The third kappa shape index (κ3) is 5.21. The average molecular weight is 359 g/mol. The summed E-state index contributed by atoms with van der Waals surface area (Å²) in [4.78, 5) is 14.5. The van der Waals surface area contributed by atoms with Gasteiger partial charge < -0.3 is 10.1 Å². The van der Waals surface area contributed by atoms with Gasteiger partial charge in [-0.3, -0.25) is 9.69 Å². The summed E-state index contributed by atoms with van der Waals surface area (Å²) in [6.45, 7) is 5.21. The number of amides is 1. The molecule has 0 bridgehead atoms. The molecular weight excluding hydrogens is 336 g/mol. The quantitative estimate of drug-likeness (QED) is 0.838. The summed E-state index contributed by atoms with van der Waals surface area (Å²) in [5, 5.41) is 3.52. The molecule has 0 saturated carbocycles. The van der Waals surface area contributed by atoms with Gasteiger partial charge in [0.2, 0.25) is 0 Å². The molecular formula is C20H23ClN2O2. The fourth-order valence-electron chi connectivity index (χ4n) is 3.01. The molecule has 1 heterocycles. The van der Waals surface area contributed by atoms with Gasteiger partial charge in [-0.25, -0.2) is 0 Å². The van der Waals surface area contributed by atoms with E-state index >= 15 is 0 Å². The van der Waals surface area contributed by atoms with Crippen LogP contribution in [-0.4, -0.2) is 30.5 Å². The summed E-state index contributed by atoms with van der Waals surface area (Å²) >= 11 is 5.92. The van der Waals surface area contributed by atoms with E-state index in [4.69, 9.17) is 16.3 Å². The lowest BCUT2D eigenvalue weighted by Gasteiger charge is -2.15. The van der Waals surface area contributed by atoms with Crippen molar-refractivity contribution in [2.24, 2.45) is 0 Å². The maximum Gasteiger partial charge on any atom is 0.262 e. The SMILES string of the molecule is Cc1cc(Cl)ccc1OCC(=O)Nc1ccc(CN2CCCC2)cc1. The monoisotopic (exact) mass is 358 g/mol. The summed E-state index contributed by atoms with van der Waals surface area (Å²) in [5.41, 5.74) is 2.96. The van der Waals surface area contributed by atoms with Gasteiger partial charge in [0.05, 0.1) is 0 Å². The molecule has 0 unspecified atom stereocenters. The molecule has 0 spiro atoms. The highest BCUT2D eigenvalue weighted by Crippen LogP contribution is 2.22. The molecule has 1 saturated heterocycles. The van der Waals surface area contributed by atoms with Gasteiger partial charge in [-0.05, 0) is 74.3 Å². The summed E-state index contributed by atoms with van der Waals surface area (Å²) in [6, 6.07) is 13.4. The first-order valence-corrected chi connectivity index (χ1v) is 8.98. The smallest absolute Gasteiger partial charge is 0.262 e. The Kier molecular flexibility index (Phi) is 5.95. The van der Waals surface area contributed by atoms with Gasteiger partial charge in [-0.1, -0.05) is 23.7 Å². The van der Waals surface area contributed by atoms with Gasteiger partial charge >= 0.3 is 0 Å². The van der Waals surface area contributed by atoms with E-state index in [1.54, 1.807) is 12.1 Å². The first-order chi connectivity index (χ1) is 12.1. The van der Waals surface area contributed by atoms with Crippen LogP contribution in [0.15, 0.2) is 42.5 Å². The van der Waals surface area contributed by atoms with Gasteiger partial charge in [0.15, 0.2) is 6.61 Å². The highest BCUT2D eigenvalue weighted by Gasteiger charge is 2.11. The number of rotatable bonds is 6. The summed E-state index contributed by atoms with van der Waals surface area (Å²) < 4.78 is 5.56. The van der Waals surface area contributed by atoms with Crippen molar-refractivity contribution in [3.63, 3.8) is 0 Å². The van der Waals surface area contributed by atoms with Crippen molar-refractivity contribution >= 4 is 23.2 Å². The molecule has 4 nitrogen and oxygen atoms in total. The van der Waals surface area contributed by atoms with Crippen LogP contribution in [0, 0.1) is 6.92 Å². The fraction of sp³-hybridized carbons (Fsp3) is 0.350. The maximum atomic E-state index is 12.1. The van der Waals surface area contributed by atoms with Crippen LogP contribution in [0.2, 0.25) is 5.02 Å². The van der Waals surface area contributed by atoms with Gasteiger partial charge in [-0.2, -0.15) is 0 Å². The zero-order valence-electron chi connectivity index (χ0n) is 14.4. The van der Waals surface area contributed by atoms with Crippen molar-refractivity contribution in [3.8, 4) is 5.75 Å². The molecule has 1 aliphatic rings. The van der Waals surface area contributed by atoms with E-state index in [1.165, 1.54) is 31.5 Å². The molecule has 1 amide bonds. The summed E-state index contributed by atoms with van der Waals surface area (Å²) in [6.07, 6.45) is 2.59. The Labute approximate surface area is 153 Å². The van der Waals surface area contributed by atoms with Crippen molar-refractivity contribution < 1.29 is 9.53 Å². The lowest BCUT2D eigenvalue weighted by atomic mass is 10.2. The maximum absolute atomic E-state index is 12.1. The highest BCUT2D eigenvalue weighted by atomic mass is 35.5. The summed E-state index contributed by atoms with van der Waals surface area (Å²) in [7, 11) is 0. The molecule has 1 aliphatic heterocycles. The van der Waals surface area contributed by atoms with Crippen LogP contribution in [0.3, 0.4) is 0 Å². The van der Waals surface area contributed by atoms with Gasteiger partial charge in [0.1, 0.15) is 5.75 Å². The molecule has 1 fully saturated rings. The second-order valence-electron chi connectivity index (χ2n) is 6.43. The number of hydrogen-bond acceptors (Lipinski definition) is 3. The minimum Gasteiger partial charge on any atom is -0.483 e. The minimum absolute atomic E-state index is 0.0298. The number of carbonyl (C=O) groups excluding carboxylic acids is 1. The Hall–Kier alpha value is -2.04. The van der Waals surface area contributed by atoms with Crippen molar-refractivity contribution in [2.75, 3.05) is 25.0 Å². The van der Waals surface area contributed by atoms with Crippen LogP contribution in [0.25, 0.3) is 0 Å². The van der Waals surface area contributed by atoms with E-state index in [0.29, 0.717) is 10.8 Å². The Balaban J connectivity index is 1.48. The van der Waals surface area contributed by atoms with Crippen LogP contribution in [0.5, 0.6) is 5.75 Å². The number of carbonyl (C=O) groups is 1. The van der Waals surface area contributed by atoms with E-state index in [1.807, 2.05) is 25.1 Å². The van der Waals surface area contributed by atoms with Crippen molar-refractivity contribution in [1.82, 2.24) is 4.90 Å². The van der Waals surface area contributed by atoms with E-state index in [9.17, 15) is 4.79 Å². The third-order valence-corrected chi connectivity index (χ3v) is 4.57. The number of nitrogens with zero attached hydrogens (tertiary/aromatic N) is 1. The number of ether oxygens (including phenoxy) is 1. The number of likely N-dealkylation sites (tertiary alicyclic amines) is 1. The predicted molar refractivity (Wildman–Crippen MR) is 101 cm³/mol. The predicted octanol–water partition coefficient (Wildman–Crippen LogP) is 4.26. The molecule has 1 N–H and O–H groups in total. The average Bonchev–Trinajstić information content (AvgIpc) is 3.09. The van der Waals surface area contributed by atoms with Crippen LogP contribution in [-0.2, 0) is 11.3 Å². The van der Waals surface area contributed by atoms with E-state index in [0.717, 1.165) is 17.8 Å². The topological polar surface area (TPSA) is 41.6 Å². The summed E-state index contributed by atoms with van der Waals surface area (Å²) in [5.74, 6) is 0.488. The third-order valence-electron chi connectivity index (χ3n) is 4.34. The number of benzene rings is 2. The number of aryl methyl sites for hydroxylation is 1.